The van der Waals surface area contributed by atoms with Crippen molar-refractivity contribution >= 4 is 5.91 Å². The summed E-state index contributed by atoms with van der Waals surface area (Å²) in [5.74, 6) is -2.73. The van der Waals surface area contributed by atoms with Gasteiger partial charge in [0.25, 0.3) is 5.91 Å². The van der Waals surface area contributed by atoms with Crippen LogP contribution in [0.3, 0.4) is 0 Å². The summed E-state index contributed by atoms with van der Waals surface area (Å²) in [6, 6.07) is 7.76. The van der Waals surface area contributed by atoms with Crippen LogP contribution in [0.1, 0.15) is 22.7 Å². The first-order valence-corrected chi connectivity index (χ1v) is 7.47. The number of alkyl halides is 3. The highest BCUT2D eigenvalue weighted by atomic mass is 19.4. The molecule has 27 heavy (non-hydrogen) atoms. The number of carbonyl (C=O) groups is 1. The summed E-state index contributed by atoms with van der Waals surface area (Å²) in [6.07, 6.45) is -4.78. The van der Waals surface area contributed by atoms with Crippen LogP contribution in [0.5, 0.6) is 11.6 Å². The molecule has 0 saturated carbocycles. The molecular weight excluding hydrogens is 367 g/mol. The molecule has 1 atom stereocenters. The first kappa shape index (κ1) is 18.1. The fraction of sp³-hybridized carbons (Fsp3) is 0.188. The molecule has 0 bridgehead atoms. The van der Waals surface area contributed by atoms with Crippen LogP contribution in [0, 0.1) is 11.3 Å². The van der Waals surface area contributed by atoms with Crippen molar-refractivity contribution in [2.75, 3.05) is 6.61 Å². The van der Waals surface area contributed by atoms with Crippen LogP contribution in [0.15, 0.2) is 35.7 Å². The molecule has 140 valence electrons. The lowest BCUT2D eigenvalue weighted by Crippen LogP contribution is -2.24. The number of benzene rings is 1. The second-order valence-corrected chi connectivity index (χ2v) is 5.53. The number of amides is 1. The van der Waals surface area contributed by atoms with Crippen LogP contribution in [0.2, 0.25) is 0 Å². The summed E-state index contributed by atoms with van der Waals surface area (Å²) < 4.78 is 50.7. The van der Waals surface area contributed by atoms with Crippen LogP contribution >= 0.6 is 0 Å². The average Bonchev–Trinajstić information content (AvgIpc) is 3.02. The van der Waals surface area contributed by atoms with E-state index in [1.807, 2.05) is 5.10 Å². The van der Waals surface area contributed by atoms with E-state index in [9.17, 15) is 23.2 Å². The third kappa shape index (κ3) is 3.24. The topological polar surface area (TPSA) is 140 Å². The molecule has 5 N–H and O–H groups in total. The van der Waals surface area contributed by atoms with E-state index in [0.29, 0.717) is 0 Å². The summed E-state index contributed by atoms with van der Waals surface area (Å²) >= 11 is 0. The van der Waals surface area contributed by atoms with Gasteiger partial charge in [0.2, 0.25) is 11.8 Å². The van der Waals surface area contributed by atoms with E-state index in [1.54, 1.807) is 18.2 Å². The number of para-hydroxylation sites is 1. The average molecular weight is 379 g/mol. The molecular formula is C16H12F3N5O3. The maximum atomic E-state index is 13.4. The summed E-state index contributed by atoms with van der Waals surface area (Å²) in [4.78, 5) is 11.0. The number of nitriles is 1. The smallest absolute Gasteiger partial charge is 0.433 e. The number of halogens is 3. The molecule has 2 aromatic rings. The zero-order valence-corrected chi connectivity index (χ0v) is 13.5. The summed E-state index contributed by atoms with van der Waals surface area (Å²) in [6.45, 7) is -0.494. The fourth-order valence-electron chi connectivity index (χ4n) is 2.77. The zero-order chi connectivity index (χ0) is 19.8. The third-order valence-electron chi connectivity index (χ3n) is 3.82. The molecule has 1 aromatic heterocycles. The predicted molar refractivity (Wildman–Crippen MR) is 84.0 cm³/mol. The van der Waals surface area contributed by atoms with Gasteiger partial charge in [-0.1, -0.05) is 18.2 Å². The van der Waals surface area contributed by atoms with E-state index < -0.39 is 41.7 Å². The molecule has 3 rings (SSSR count). The largest absolute Gasteiger partial charge is 0.483 e. The van der Waals surface area contributed by atoms with Gasteiger partial charge in [-0.15, -0.1) is 5.10 Å². The van der Waals surface area contributed by atoms with E-state index in [2.05, 4.69) is 5.10 Å². The SMILES string of the molecule is N#CC1=C(N)Oc2n[nH]c(C(F)(F)F)c2[C@H]1c1ccccc1OCC(N)=O. The number of nitrogens with one attached hydrogen (secondary N) is 1. The lowest BCUT2D eigenvalue weighted by Gasteiger charge is -2.25. The molecule has 1 aliphatic rings. The molecule has 1 aromatic carbocycles. The van der Waals surface area contributed by atoms with Crippen molar-refractivity contribution in [3.8, 4) is 17.7 Å². The number of nitrogens with two attached hydrogens (primary N) is 2. The predicted octanol–water partition coefficient (Wildman–Crippen LogP) is 1.51. The number of aromatic nitrogens is 2. The standard InChI is InChI=1S/C16H12F3N5O3/c17-16(18,19)13-12-11(8(5-20)14(22)27-15(12)24-23-13)7-3-1-2-4-9(7)26-6-10(21)25/h1-4,11H,6,22H2,(H2,21,25)(H,23,24)/t11-/m0/s1. The Morgan fingerprint density at radius 2 is 2.11 bits per heavy atom. The van der Waals surface area contributed by atoms with Crippen molar-refractivity contribution in [3.63, 3.8) is 0 Å². The van der Waals surface area contributed by atoms with Gasteiger partial charge in [0.15, 0.2) is 6.61 Å². The van der Waals surface area contributed by atoms with Crippen LogP contribution < -0.4 is 20.9 Å². The number of allylic oxidation sites excluding steroid dienone is 1. The van der Waals surface area contributed by atoms with Gasteiger partial charge in [0, 0.05) is 5.56 Å². The van der Waals surface area contributed by atoms with E-state index in [-0.39, 0.29) is 22.8 Å². The van der Waals surface area contributed by atoms with E-state index in [0.717, 1.165) is 0 Å². The Morgan fingerprint density at radius 3 is 2.74 bits per heavy atom. The first-order valence-electron chi connectivity index (χ1n) is 7.47. The van der Waals surface area contributed by atoms with Gasteiger partial charge >= 0.3 is 6.18 Å². The molecule has 2 heterocycles. The second kappa shape index (κ2) is 6.56. The Labute approximate surface area is 150 Å². The van der Waals surface area contributed by atoms with Crippen LogP contribution in [0.4, 0.5) is 13.2 Å². The molecule has 0 unspecified atom stereocenters. The van der Waals surface area contributed by atoms with Gasteiger partial charge in [0.05, 0.1) is 11.5 Å². The van der Waals surface area contributed by atoms with Crippen molar-refractivity contribution in [1.82, 2.24) is 10.2 Å². The Morgan fingerprint density at radius 1 is 1.41 bits per heavy atom. The Kier molecular flexibility index (Phi) is 4.40. The highest BCUT2D eigenvalue weighted by Gasteiger charge is 2.45. The number of ether oxygens (including phenoxy) is 2. The van der Waals surface area contributed by atoms with E-state index >= 15 is 0 Å². The molecule has 8 nitrogen and oxygen atoms in total. The highest BCUT2D eigenvalue weighted by molar-refractivity contribution is 5.75. The Balaban J connectivity index is 2.22. The van der Waals surface area contributed by atoms with Gasteiger partial charge in [-0.25, -0.2) is 0 Å². The normalized spacial score (nSPS) is 16.3. The third-order valence-corrected chi connectivity index (χ3v) is 3.82. The maximum Gasteiger partial charge on any atom is 0.433 e. The molecule has 0 fully saturated rings. The number of rotatable bonds is 4. The molecule has 0 saturated heterocycles. The van der Waals surface area contributed by atoms with E-state index in [4.69, 9.17) is 20.9 Å². The number of primary amides is 1. The van der Waals surface area contributed by atoms with Crippen molar-refractivity contribution in [1.29, 1.82) is 5.26 Å². The lowest BCUT2D eigenvalue weighted by molar-refractivity contribution is -0.141. The quantitative estimate of drug-likeness (QED) is 0.736. The lowest BCUT2D eigenvalue weighted by atomic mass is 9.83. The van der Waals surface area contributed by atoms with Crippen LogP contribution in [-0.4, -0.2) is 22.7 Å². The monoisotopic (exact) mass is 379 g/mol. The van der Waals surface area contributed by atoms with Crippen molar-refractivity contribution in [3.05, 3.63) is 52.5 Å². The van der Waals surface area contributed by atoms with E-state index in [1.165, 1.54) is 12.1 Å². The molecule has 0 aliphatic carbocycles. The number of H-pyrrole nitrogens is 1. The van der Waals surface area contributed by atoms with Gasteiger partial charge in [-0.2, -0.15) is 18.4 Å². The number of carbonyl (C=O) groups excluding carboxylic acids is 1. The minimum atomic E-state index is -4.78. The summed E-state index contributed by atoms with van der Waals surface area (Å²) in [7, 11) is 0. The van der Waals surface area contributed by atoms with Crippen LogP contribution in [-0.2, 0) is 11.0 Å². The highest BCUT2D eigenvalue weighted by Crippen LogP contribution is 2.48. The zero-order valence-electron chi connectivity index (χ0n) is 13.5. The summed E-state index contributed by atoms with van der Waals surface area (Å²) in [5, 5.41) is 14.9. The number of hydrogen-bond donors (Lipinski definition) is 3. The number of fused-ring (bicyclic) bond motifs is 1. The minimum Gasteiger partial charge on any atom is -0.483 e. The Bertz CT molecular complexity index is 974. The minimum absolute atomic E-state index is 0.0732. The molecule has 0 spiro atoms. The van der Waals surface area contributed by atoms with Crippen molar-refractivity contribution in [2.45, 2.75) is 12.1 Å². The maximum absolute atomic E-state index is 13.4. The summed E-state index contributed by atoms with van der Waals surface area (Å²) in [5.41, 5.74) is 9.12. The molecule has 11 heteroatoms. The van der Waals surface area contributed by atoms with Crippen LogP contribution in [0.25, 0.3) is 0 Å². The van der Waals surface area contributed by atoms with Crippen molar-refractivity contribution < 1.29 is 27.4 Å². The van der Waals surface area contributed by atoms with Gasteiger partial charge < -0.3 is 20.9 Å². The molecule has 0 radical (unpaired) electrons. The van der Waals surface area contributed by atoms with Crippen molar-refractivity contribution in [2.24, 2.45) is 11.5 Å². The number of nitrogens with zero attached hydrogens (tertiary/aromatic N) is 2. The molecule has 1 aliphatic heterocycles. The van der Waals surface area contributed by atoms with Gasteiger partial charge in [-0.05, 0) is 6.07 Å². The number of hydrogen-bond acceptors (Lipinski definition) is 6. The first-order chi connectivity index (χ1) is 12.7. The fourth-order valence-corrected chi connectivity index (χ4v) is 2.77. The van der Waals surface area contributed by atoms with Gasteiger partial charge in [-0.3, -0.25) is 9.89 Å². The second-order valence-electron chi connectivity index (χ2n) is 5.53. The Hall–Kier alpha value is -3.68. The molecule has 1 amide bonds. The van der Waals surface area contributed by atoms with Gasteiger partial charge in [0.1, 0.15) is 23.1 Å². The number of aromatic amines is 1.